The highest BCUT2D eigenvalue weighted by Gasteiger charge is 2.35. The van der Waals surface area contributed by atoms with Crippen molar-refractivity contribution >= 4 is 32.6 Å². The monoisotopic (exact) mass is 368 g/mol. The molecule has 0 saturated heterocycles. The topological polar surface area (TPSA) is 36.7 Å². The first kappa shape index (κ1) is 13.3. The van der Waals surface area contributed by atoms with E-state index in [1.807, 2.05) is 0 Å². The molecule has 0 aromatic carbocycles. The average Bonchev–Trinajstić information content (AvgIpc) is 2.33. The maximum atomic E-state index is 14.5. The third kappa shape index (κ3) is 3.68. The lowest BCUT2D eigenvalue weighted by Gasteiger charge is -2.31. The molecule has 2 nitrogen and oxygen atoms in total. The maximum Gasteiger partial charge on any atom is 0.116 e. The van der Waals surface area contributed by atoms with Crippen molar-refractivity contribution in [3.8, 4) is 0 Å². The molecule has 1 aliphatic rings. The zero-order valence-corrected chi connectivity index (χ0v) is 12.3. The van der Waals surface area contributed by atoms with Crippen LogP contribution < -0.4 is 0 Å². The van der Waals surface area contributed by atoms with E-state index >= 15 is 0 Å². The SMILES string of the molecule is N=IC1CCC(F)(Cc2ccc(Cl)cn2)CC1. The Morgan fingerprint density at radius 2 is 2.18 bits per heavy atom. The molecule has 5 heteroatoms. The molecule has 0 unspecified atom stereocenters. The summed E-state index contributed by atoms with van der Waals surface area (Å²) in [5.41, 5.74) is -0.341. The normalized spacial score (nSPS) is 29.2. The molecule has 0 spiro atoms. The second kappa shape index (κ2) is 5.69. The third-order valence-electron chi connectivity index (χ3n) is 3.25. The van der Waals surface area contributed by atoms with E-state index < -0.39 is 26.7 Å². The molecule has 0 amide bonds. The summed E-state index contributed by atoms with van der Waals surface area (Å²) in [5.74, 6) is 0. The Hall–Kier alpha value is -0.100. The van der Waals surface area contributed by atoms with Gasteiger partial charge < -0.3 is 0 Å². The van der Waals surface area contributed by atoms with Crippen LogP contribution in [0.1, 0.15) is 31.4 Å². The number of hydrogen-bond acceptors (Lipinski definition) is 2. The fraction of sp³-hybridized carbons (Fsp3) is 0.583. The maximum absolute atomic E-state index is 14.5. The van der Waals surface area contributed by atoms with Crippen LogP contribution in [0.2, 0.25) is 5.02 Å². The lowest BCUT2D eigenvalue weighted by atomic mass is 9.83. The van der Waals surface area contributed by atoms with Crippen LogP contribution in [0.5, 0.6) is 0 Å². The van der Waals surface area contributed by atoms with Gasteiger partial charge in [-0.15, -0.1) is 0 Å². The standard InChI is InChI=1S/C12H15ClFIN2/c13-9-1-2-11(17-8-9)7-12(14)5-3-10(15-16)4-6-12/h1-2,8,10,16H,3-7H2. The van der Waals surface area contributed by atoms with Crippen LogP contribution in [-0.4, -0.2) is 14.6 Å². The fourth-order valence-corrected chi connectivity index (χ4v) is 3.58. The van der Waals surface area contributed by atoms with Gasteiger partial charge in [0.25, 0.3) is 0 Å². The van der Waals surface area contributed by atoms with Gasteiger partial charge in [0.1, 0.15) is 5.67 Å². The van der Waals surface area contributed by atoms with Crippen LogP contribution in [0, 0.1) is 3.56 Å². The third-order valence-corrected chi connectivity index (χ3v) is 5.60. The summed E-state index contributed by atoms with van der Waals surface area (Å²) in [5, 5.41) is 0.587. The van der Waals surface area contributed by atoms with Crippen LogP contribution in [-0.2, 0) is 6.42 Å². The van der Waals surface area contributed by atoms with E-state index in [2.05, 4.69) is 4.98 Å². The van der Waals surface area contributed by atoms with E-state index in [-0.39, 0.29) is 0 Å². The molecule has 1 aliphatic carbocycles. The summed E-state index contributed by atoms with van der Waals surface area (Å²) < 4.78 is 22.5. The highest BCUT2D eigenvalue weighted by Crippen LogP contribution is 2.38. The molecular weight excluding hydrogens is 354 g/mol. The number of alkyl halides is 2. The quantitative estimate of drug-likeness (QED) is 0.611. The fourth-order valence-electron chi connectivity index (χ4n) is 2.22. The van der Waals surface area contributed by atoms with Crippen LogP contribution in [0.4, 0.5) is 4.39 Å². The van der Waals surface area contributed by atoms with Gasteiger partial charge in [0.15, 0.2) is 0 Å². The van der Waals surface area contributed by atoms with Crippen molar-refractivity contribution in [2.45, 2.75) is 41.7 Å². The highest BCUT2D eigenvalue weighted by atomic mass is 127. The molecule has 0 radical (unpaired) electrons. The number of pyridine rings is 1. The molecule has 1 heterocycles. The molecule has 1 aromatic heterocycles. The smallest absolute Gasteiger partial charge is 0.116 e. The van der Waals surface area contributed by atoms with E-state index in [0.29, 0.717) is 28.2 Å². The molecule has 0 bridgehead atoms. The number of hydrogen-bond donors (Lipinski definition) is 1. The summed E-state index contributed by atoms with van der Waals surface area (Å²) in [6, 6.07) is 3.56. The summed E-state index contributed by atoms with van der Waals surface area (Å²) in [7, 11) is 0. The second-order valence-corrected chi connectivity index (χ2v) is 7.40. The summed E-state index contributed by atoms with van der Waals surface area (Å²) >= 11 is 5.28. The van der Waals surface area contributed by atoms with Crippen LogP contribution in [0.25, 0.3) is 0 Å². The first-order chi connectivity index (χ1) is 8.11. The zero-order valence-electron chi connectivity index (χ0n) is 9.43. The van der Waals surface area contributed by atoms with Crippen molar-refractivity contribution in [1.82, 2.24) is 4.98 Å². The van der Waals surface area contributed by atoms with Crippen LogP contribution in [0.15, 0.2) is 18.3 Å². The number of rotatable bonds is 3. The minimum absolute atomic E-state index is 0.382. The van der Waals surface area contributed by atoms with Gasteiger partial charge >= 0.3 is 0 Å². The molecule has 0 atom stereocenters. The molecule has 1 saturated carbocycles. The Morgan fingerprint density at radius 1 is 1.47 bits per heavy atom. The average molecular weight is 369 g/mol. The first-order valence-electron chi connectivity index (χ1n) is 5.70. The van der Waals surface area contributed by atoms with Crippen LogP contribution >= 0.6 is 32.6 Å². The predicted molar refractivity (Wildman–Crippen MR) is 75.8 cm³/mol. The van der Waals surface area contributed by atoms with E-state index in [9.17, 15) is 4.39 Å². The van der Waals surface area contributed by atoms with Crippen molar-refractivity contribution in [1.29, 1.82) is 3.56 Å². The zero-order chi connectivity index (χ0) is 12.3. The molecule has 94 valence electrons. The van der Waals surface area contributed by atoms with Crippen molar-refractivity contribution in [2.24, 2.45) is 0 Å². The first-order valence-corrected chi connectivity index (χ1v) is 8.40. The minimum Gasteiger partial charge on any atom is -0.278 e. The number of halogens is 3. The summed E-state index contributed by atoms with van der Waals surface area (Å²) in [6.07, 6.45) is 4.87. The number of nitrogens with zero attached hydrogens (tertiary/aromatic N) is 1. The Morgan fingerprint density at radius 3 is 2.71 bits per heavy atom. The Labute approximate surface area is 116 Å². The highest BCUT2D eigenvalue weighted by molar-refractivity contribution is 14.1. The molecule has 1 aromatic rings. The lowest BCUT2D eigenvalue weighted by molar-refractivity contribution is 0.110. The van der Waals surface area contributed by atoms with E-state index in [1.54, 1.807) is 18.3 Å². The van der Waals surface area contributed by atoms with E-state index in [1.165, 1.54) is 0 Å². The molecule has 0 aliphatic heterocycles. The molecule has 2 rings (SSSR count). The second-order valence-electron chi connectivity index (χ2n) is 4.58. The van der Waals surface area contributed by atoms with Gasteiger partial charge in [-0.3, -0.25) is 8.55 Å². The molecular formula is C12H15ClFIN2. The van der Waals surface area contributed by atoms with Gasteiger partial charge in [0.05, 0.1) is 5.02 Å². The lowest BCUT2D eigenvalue weighted by Crippen LogP contribution is -2.32. The molecule has 1 fully saturated rings. The largest absolute Gasteiger partial charge is 0.278 e. The molecule has 17 heavy (non-hydrogen) atoms. The van der Waals surface area contributed by atoms with Gasteiger partial charge in [-0.2, -0.15) is 0 Å². The molecule has 1 N–H and O–H groups in total. The summed E-state index contributed by atoms with van der Waals surface area (Å²) in [4.78, 5) is 4.15. The van der Waals surface area contributed by atoms with Crippen molar-refractivity contribution < 1.29 is 4.39 Å². The minimum atomic E-state index is -1.11. The van der Waals surface area contributed by atoms with Gasteiger partial charge in [-0.25, -0.2) is 4.39 Å². The summed E-state index contributed by atoms with van der Waals surface area (Å²) in [6.45, 7) is 0. The Kier molecular flexibility index (Phi) is 4.47. The van der Waals surface area contributed by atoms with Crippen molar-refractivity contribution in [3.63, 3.8) is 0 Å². The van der Waals surface area contributed by atoms with E-state index in [0.717, 1.165) is 18.5 Å². The van der Waals surface area contributed by atoms with Gasteiger partial charge in [0, 0.05) is 22.2 Å². The Balaban J connectivity index is 1.98. The van der Waals surface area contributed by atoms with Gasteiger partial charge in [0.2, 0.25) is 0 Å². The van der Waals surface area contributed by atoms with Gasteiger partial charge in [-0.05, 0) is 58.8 Å². The van der Waals surface area contributed by atoms with Gasteiger partial charge in [-0.1, -0.05) is 11.6 Å². The number of nitrogens with one attached hydrogen (secondary N) is 1. The number of aromatic nitrogens is 1. The van der Waals surface area contributed by atoms with Crippen molar-refractivity contribution in [2.75, 3.05) is 0 Å². The van der Waals surface area contributed by atoms with Crippen LogP contribution in [0.3, 0.4) is 0 Å². The predicted octanol–water partition coefficient (Wildman–Crippen LogP) is 4.66. The van der Waals surface area contributed by atoms with Crippen molar-refractivity contribution in [3.05, 3.63) is 29.0 Å². The Bertz CT molecular complexity index is 388. The van der Waals surface area contributed by atoms with E-state index in [4.69, 9.17) is 15.2 Å².